The van der Waals surface area contributed by atoms with Gasteiger partial charge in [-0.25, -0.2) is 4.79 Å². The Bertz CT molecular complexity index is 1190. The SMILES string of the molecule is CCCCn1c(C(=O)NC(C)(C)C)cc(C(=O)OC)c1Cc1c(C=O)n(C)c2ccccc12. The van der Waals surface area contributed by atoms with Crippen molar-refractivity contribution in [2.24, 2.45) is 7.05 Å². The summed E-state index contributed by atoms with van der Waals surface area (Å²) in [6.45, 7) is 8.40. The largest absolute Gasteiger partial charge is 0.465 e. The molecule has 1 N–H and O–H groups in total. The summed E-state index contributed by atoms with van der Waals surface area (Å²) in [5, 5.41) is 3.94. The standard InChI is InChI=1S/C26H33N3O4/c1-7-8-13-29-21(14-18-17-11-9-10-12-20(17)28(5)23(18)16-30)19(25(32)33-6)15-22(29)24(31)27-26(2,3)4/h9-12,15-16H,7-8,13-14H2,1-6H3,(H,27,31). The molecule has 0 saturated carbocycles. The quantitative estimate of drug-likeness (QED) is 0.404. The number of para-hydroxylation sites is 1. The highest BCUT2D eigenvalue weighted by atomic mass is 16.5. The van der Waals surface area contributed by atoms with Gasteiger partial charge in [-0.3, -0.25) is 9.59 Å². The number of carbonyl (C=O) groups excluding carboxylic acids is 3. The van der Waals surface area contributed by atoms with Crippen LogP contribution < -0.4 is 5.32 Å². The summed E-state index contributed by atoms with van der Waals surface area (Å²) in [5.74, 6) is -0.749. The van der Waals surface area contributed by atoms with Gasteiger partial charge in [0, 0.05) is 42.1 Å². The van der Waals surface area contributed by atoms with Crippen LogP contribution in [0.5, 0.6) is 0 Å². The Balaban J connectivity index is 2.24. The summed E-state index contributed by atoms with van der Waals surface area (Å²) in [6, 6.07) is 9.41. The number of nitrogens with zero attached hydrogens (tertiary/aromatic N) is 2. The second-order valence-electron chi connectivity index (χ2n) is 9.33. The van der Waals surface area contributed by atoms with Crippen LogP contribution in [0, 0.1) is 0 Å². The molecule has 0 fully saturated rings. The molecule has 176 valence electrons. The summed E-state index contributed by atoms with van der Waals surface area (Å²) in [5.41, 5.74) is 3.32. The Morgan fingerprint density at radius 1 is 1.18 bits per heavy atom. The van der Waals surface area contributed by atoms with E-state index >= 15 is 0 Å². The molecule has 3 aromatic rings. The number of nitrogens with one attached hydrogen (secondary N) is 1. The van der Waals surface area contributed by atoms with Crippen molar-refractivity contribution in [2.75, 3.05) is 7.11 Å². The van der Waals surface area contributed by atoms with Gasteiger partial charge in [-0.2, -0.15) is 0 Å². The first-order valence-electron chi connectivity index (χ1n) is 11.3. The maximum atomic E-state index is 13.2. The average Bonchev–Trinajstić information content (AvgIpc) is 3.26. The van der Waals surface area contributed by atoms with Gasteiger partial charge >= 0.3 is 5.97 Å². The molecule has 0 bridgehead atoms. The Kier molecular flexibility index (Phi) is 7.10. The molecule has 2 heterocycles. The number of carbonyl (C=O) groups is 3. The first kappa shape index (κ1) is 24.3. The number of amides is 1. The van der Waals surface area contributed by atoms with Crippen molar-refractivity contribution >= 4 is 29.1 Å². The van der Waals surface area contributed by atoms with Crippen LogP contribution in [0.2, 0.25) is 0 Å². The van der Waals surface area contributed by atoms with E-state index in [9.17, 15) is 14.4 Å². The number of aldehydes is 1. The lowest BCUT2D eigenvalue weighted by molar-refractivity contribution is 0.0599. The number of ether oxygens (including phenoxy) is 1. The lowest BCUT2D eigenvalue weighted by Crippen LogP contribution is -2.41. The molecular weight excluding hydrogens is 418 g/mol. The van der Waals surface area contributed by atoms with Crippen molar-refractivity contribution in [3.05, 3.63) is 58.5 Å². The summed E-state index contributed by atoms with van der Waals surface area (Å²) in [4.78, 5) is 37.9. The predicted molar refractivity (Wildman–Crippen MR) is 129 cm³/mol. The molecule has 0 radical (unpaired) electrons. The molecule has 1 aromatic carbocycles. The fourth-order valence-electron chi connectivity index (χ4n) is 4.23. The molecule has 0 unspecified atom stereocenters. The number of aryl methyl sites for hydroxylation is 1. The van der Waals surface area contributed by atoms with Crippen LogP contribution in [0.25, 0.3) is 10.9 Å². The average molecular weight is 452 g/mol. The lowest BCUT2D eigenvalue weighted by atomic mass is 10.0. The second-order valence-corrected chi connectivity index (χ2v) is 9.33. The Morgan fingerprint density at radius 2 is 1.88 bits per heavy atom. The normalized spacial score (nSPS) is 11.6. The third-order valence-corrected chi connectivity index (χ3v) is 5.79. The van der Waals surface area contributed by atoms with Crippen LogP contribution in [0.1, 0.15) is 83.1 Å². The van der Waals surface area contributed by atoms with E-state index in [-0.39, 0.29) is 5.91 Å². The van der Waals surface area contributed by atoms with Crippen molar-refractivity contribution < 1.29 is 19.1 Å². The van der Waals surface area contributed by atoms with E-state index in [0.29, 0.717) is 35.6 Å². The smallest absolute Gasteiger partial charge is 0.339 e. The van der Waals surface area contributed by atoms with Crippen molar-refractivity contribution in [1.82, 2.24) is 14.5 Å². The Hall–Kier alpha value is -3.35. The molecule has 0 atom stereocenters. The first-order chi connectivity index (χ1) is 15.6. The molecule has 1 amide bonds. The maximum Gasteiger partial charge on any atom is 0.339 e. The molecule has 33 heavy (non-hydrogen) atoms. The monoisotopic (exact) mass is 451 g/mol. The van der Waals surface area contributed by atoms with E-state index in [0.717, 1.165) is 35.6 Å². The second kappa shape index (κ2) is 9.65. The van der Waals surface area contributed by atoms with Crippen LogP contribution in [0.15, 0.2) is 30.3 Å². The maximum absolute atomic E-state index is 13.2. The molecule has 0 aliphatic heterocycles. The highest BCUT2D eigenvalue weighted by molar-refractivity contribution is 5.99. The Morgan fingerprint density at radius 3 is 2.48 bits per heavy atom. The van der Waals surface area contributed by atoms with E-state index in [1.807, 2.05) is 61.2 Å². The van der Waals surface area contributed by atoms with Gasteiger partial charge in [0.15, 0.2) is 6.29 Å². The van der Waals surface area contributed by atoms with Crippen LogP contribution in [-0.4, -0.2) is 39.9 Å². The molecule has 0 aliphatic carbocycles. The minimum Gasteiger partial charge on any atom is -0.465 e. The zero-order chi connectivity index (χ0) is 24.3. The Labute approximate surface area is 194 Å². The van der Waals surface area contributed by atoms with Crippen molar-refractivity contribution in [2.45, 2.75) is 59.0 Å². The van der Waals surface area contributed by atoms with Gasteiger partial charge in [0.25, 0.3) is 5.91 Å². The third kappa shape index (κ3) is 4.87. The minimum atomic E-state index is -0.502. The highest BCUT2D eigenvalue weighted by Gasteiger charge is 2.28. The van der Waals surface area contributed by atoms with Crippen LogP contribution in [0.3, 0.4) is 0 Å². The summed E-state index contributed by atoms with van der Waals surface area (Å²) in [7, 11) is 3.19. The predicted octanol–water partition coefficient (Wildman–Crippen LogP) is 4.50. The molecule has 0 aliphatic rings. The molecule has 0 spiro atoms. The van der Waals surface area contributed by atoms with Crippen LogP contribution in [-0.2, 0) is 24.8 Å². The number of hydrogen-bond donors (Lipinski definition) is 1. The van der Waals surface area contributed by atoms with Gasteiger partial charge in [0.2, 0.25) is 0 Å². The number of hydrogen-bond acceptors (Lipinski definition) is 4. The summed E-state index contributed by atoms with van der Waals surface area (Å²) < 4.78 is 8.83. The van der Waals surface area contributed by atoms with E-state index in [2.05, 4.69) is 12.2 Å². The van der Waals surface area contributed by atoms with Crippen molar-refractivity contribution in [1.29, 1.82) is 0 Å². The van der Waals surface area contributed by atoms with E-state index < -0.39 is 11.5 Å². The summed E-state index contributed by atoms with van der Waals surface area (Å²) >= 11 is 0. The molecule has 7 nitrogen and oxygen atoms in total. The number of unbranched alkanes of at least 4 members (excludes halogenated alkanes) is 1. The lowest BCUT2D eigenvalue weighted by Gasteiger charge is -2.21. The van der Waals surface area contributed by atoms with Crippen molar-refractivity contribution in [3.8, 4) is 0 Å². The number of benzene rings is 1. The summed E-state index contributed by atoms with van der Waals surface area (Å²) in [6.07, 6.45) is 2.94. The number of methoxy groups -OCH3 is 1. The van der Waals surface area contributed by atoms with E-state index in [1.165, 1.54) is 7.11 Å². The zero-order valence-corrected chi connectivity index (χ0v) is 20.3. The fraction of sp³-hybridized carbons (Fsp3) is 0.423. The van der Waals surface area contributed by atoms with Crippen LogP contribution in [0.4, 0.5) is 0 Å². The van der Waals surface area contributed by atoms with Crippen molar-refractivity contribution in [3.63, 3.8) is 0 Å². The topological polar surface area (TPSA) is 82.3 Å². The number of esters is 1. The molecular formula is C26H33N3O4. The zero-order valence-electron chi connectivity index (χ0n) is 20.3. The number of aromatic nitrogens is 2. The van der Waals surface area contributed by atoms with Gasteiger partial charge in [-0.15, -0.1) is 0 Å². The number of rotatable bonds is 8. The number of fused-ring (bicyclic) bond motifs is 1. The van der Waals surface area contributed by atoms with Gasteiger partial charge in [-0.05, 0) is 44.9 Å². The van der Waals surface area contributed by atoms with Gasteiger partial charge in [0.1, 0.15) is 5.69 Å². The molecule has 0 saturated heterocycles. The first-order valence-corrected chi connectivity index (χ1v) is 11.3. The van der Waals surface area contributed by atoms with Crippen LogP contribution >= 0.6 is 0 Å². The molecule has 2 aromatic heterocycles. The minimum absolute atomic E-state index is 0.247. The van der Waals surface area contributed by atoms with E-state index in [1.54, 1.807) is 6.07 Å². The fourth-order valence-corrected chi connectivity index (χ4v) is 4.23. The van der Waals surface area contributed by atoms with Gasteiger partial charge in [-0.1, -0.05) is 31.5 Å². The van der Waals surface area contributed by atoms with Gasteiger partial charge < -0.3 is 19.2 Å². The third-order valence-electron chi connectivity index (χ3n) is 5.79. The van der Waals surface area contributed by atoms with Gasteiger partial charge in [0.05, 0.1) is 18.4 Å². The molecule has 3 rings (SSSR count). The van der Waals surface area contributed by atoms with E-state index in [4.69, 9.17) is 4.74 Å². The molecule has 7 heteroatoms. The highest BCUT2D eigenvalue weighted by Crippen LogP contribution is 2.30.